The van der Waals surface area contributed by atoms with Crippen LogP contribution in [-0.2, 0) is 9.59 Å². The van der Waals surface area contributed by atoms with Crippen LogP contribution in [-0.4, -0.2) is 23.5 Å². The zero-order valence-electron chi connectivity index (χ0n) is 10.00. The first-order chi connectivity index (χ1) is 8.09. The zero-order chi connectivity index (χ0) is 12.1. The number of aliphatic carboxylic acids is 1. The molecule has 0 saturated heterocycles. The van der Waals surface area contributed by atoms with E-state index < -0.39 is 11.4 Å². The Balaban J connectivity index is 1.57. The zero-order valence-corrected chi connectivity index (χ0v) is 10.00. The standard InChI is InChI=1S/C13H19NO3/c15-10(13(6-7-13)11(16)17)14-8-12(4-1-5-12)9-2-3-9/h9H,1-8H2,(H,14,15)(H,16,17). The number of carboxylic acids is 1. The SMILES string of the molecule is O=C(O)C1(C(=O)NCC2(C3CC3)CCC2)CC1. The van der Waals surface area contributed by atoms with Crippen molar-refractivity contribution in [1.29, 1.82) is 0 Å². The Morgan fingerprint density at radius 3 is 2.18 bits per heavy atom. The molecule has 4 heteroatoms. The van der Waals surface area contributed by atoms with E-state index >= 15 is 0 Å². The lowest BCUT2D eigenvalue weighted by molar-refractivity contribution is -0.149. The normalized spacial score (nSPS) is 28.0. The smallest absolute Gasteiger partial charge is 0.319 e. The van der Waals surface area contributed by atoms with Crippen LogP contribution in [0, 0.1) is 16.7 Å². The van der Waals surface area contributed by atoms with Gasteiger partial charge in [-0.25, -0.2) is 0 Å². The predicted molar refractivity (Wildman–Crippen MR) is 61.3 cm³/mol. The van der Waals surface area contributed by atoms with Crippen molar-refractivity contribution >= 4 is 11.9 Å². The highest BCUT2D eigenvalue weighted by Crippen LogP contribution is 2.57. The van der Waals surface area contributed by atoms with Crippen molar-refractivity contribution in [2.45, 2.75) is 44.9 Å². The molecule has 94 valence electrons. The summed E-state index contributed by atoms with van der Waals surface area (Å²) in [6.45, 7) is 0.700. The van der Waals surface area contributed by atoms with Gasteiger partial charge in [0.25, 0.3) is 0 Å². The largest absolute Gasteiger partial charge is 0.480 e. The Kier molecular flexibility index (Phi) is 2.25. The molecule has 0 aromatic rings. The van der Waals surface area contributed by atoms with E-state index in [-0.39, 0.29) is 5.91 Å². The lowest BCUT2D eigenvalue weighted by Gasteiger charge is -2.42. The van der Waals surface area contributed by atoms with E-state index in [9.17, 15) is 9.59 Å². The molecule has 0 atom stereocenters. The minimum absolute atomic E-state index is 0.253. The van der Waals surface area contributed by atoms with Gasteiger partial charge >= 0.3 is 5.97 Å². The second-order valence-electron chi connectivity index (χ2n) is 6.06. The molecule has 3 rings (SSSR count). The molecule has 0 aromatic heterocycles. The minimum atomic E-state index is -1.07. The molecule has 3 aliphatic rings. The van der Waals surface area contributed by atoms with Crippen LogP contribution in [0.4, 0.5) is 0 Å². The monoisotopic (exact) mass is 237 g/mol. The number of carboxylic acid groups (broad SMARTS) is 1. The van der Waals surface area contributed by atoms with Crippen molar-refractivity contribution < 1.29 is 14.7 Å². The van der Waals surface area contributed by atoms with Gasteiger partial charge in [-0.15, -0.1) is 0 Å². The molecular weight excluding hydrogens is 218 g/mol. The van der Waals surface area contributed by atoms with Crippen LogP contribution in [0.5, 0.6) is 0 Å². The number of carbonyl (C=O) groups excluding carboxylic acids is 1. The maximum absolute atomic E-state index is 11.9. The minimum Gasteiger partial charge on any atom is -0.480 e. The molecule has 1 amide bonds. The first-order valence-electron chi connectivity index (χ1n) is 6.61. The van der Waals surface area contributed by atoms with Crippen molar-refractivity contribution in [1.82, 2.24) is 5.32 Å². The third-order valence-electron chi connectivity index (χ3n) is 4.99. The van der Waals surface area contributed by atoms with Crippen molar-refractivity contribution in [3.05, 3.63) is 0 Å². The van der Waals surface area contributed by atoms with Crippen LogP contribution >= 0.6 is 0 Å². The van der Waals surface area contributed by atoms with Gasteiger partial charge in [0, 0.05) is 6.54 Å². The molecule has 0 aliphatic heterocycles. The van der Waals surface area contributed by atoms with Crippen LogP contribution in [0.3, 0.4) is 0 Å². The molecule has 3 aliphatic carbocycles. The van der Waals surface area contributed by atoms with Crippen LogP contribution in [0.2, 0.25) is 0 Å². The number of carbonyl (C=O) groups is 2. The van der Waals surface area contributed by atoms with Gasteiger partial charge in [-0.2, -0.15) is 0 Å². The van der Waals surface area contributed by atoms with E-state index in [0.29, 0.717) is 24.8 Å². The highest BCUT2D eigenvalue weighted by Gasteiger charge is 2.58. The van der Waals surface area contributed by atoms with Crippen LogP contribution in [0.25, 0.3) is 0 Å². The Morgan fingerprint density at radius 1 is 1.18 bits per heavy atom. The van der Waals surface area contributed by atoms with E-state index in [1.165, 1.54) is 32.1 Å². The third kappa shape index (κ3) is 1.65. The fourth-order valence-corrected chi connectivity index (χ4v) is 3.14. The van der Waals surface area contributed by atoms with Gasteiger partial charge in [-0.1, -0.05) is 6.42 Å². The topological polar surface area (TPSA) is 66.4 Å². The summed E-state index contributed by atoms with van der Waals surface area (Å²) in [4.78, 5) is 22.9. The van der Waals surface area contributed by atoms with E-state index in [1.54, 1.807) is 0 Å². The van der Waals surface area contributed by atoms with Crippen molar-refractivity contribution in [2.24, 2.45) is 16.7 Å². The predicted octanol–water partition coefficient (Wildman–Crippen LogP) is 1.55. The van der Waals surface area contributed by atoms with Crippen molar-refractivity contribution in [3.8, 4) is 0 Å². The summed E-state index contributed by atoms with van der Waals surface area (Å²) in [6, 6.07) is 0. The van der Waals surface area contributed by atoms with E-state index in [4.69, 9.17) is 5.11 Å². The molecule has 17 heavy (non-hydrogen) atoms. The molecule has 3 saturated carbocycles. The van der Waals surface area contributed by atoms with Crippen LogP contribution < -0.4 is 5.32 Å². The number of hydrogen-bond acceptors (Lipinski definition) is 2. The first-order valence-corrected chi connectivity index (χ1v) is 6.61. The van der Waals surface area contributed by atoms with Crippen molar-refractivity contribution in [2.75, 3.05) is 6.54 Å². The maximum atomic E-state index is 11.9. The highest BCUT2D eigenvalue weighted by atomic mass is 16.4. The second-order valence-corrected chi connectivity index (χ2v) is 6.06. The molecule has 2 N–H and O–H groups in total. The lowest BCUT2D eigenvalue weighted by atomic mass is 9.65. The van der Waals surface area contributed by atoms with Crippen LogP contribution in [0.15, 0.2) is 0 Å². The number of amides is 1. The number of hydrogen-bond donors (Lipinski definition) is 2. The summed E-state index contributed by atoms with van der Waals surface area (Å²) in [6.07, 6.45) is 7.27. The molecule has 0 aromatic carbocycles. The summed E-state index contributed by atoms with van der Waals surface area (Å²) in [5.74, 6) is -0.419. The van der Waals surface area contributed by atoms with Gasteiger partial charge in [-0.3, -0.25) is 9.59 Å². The van der Waals surface area contributed by atoms with Gasteiger partial charge in [0.05, 0.1) is 0 Å². The molecule has 0 spiro atoms. The van der Waals surface area contributed by atoms with Gasteiger partial charge in [0.15, 0.2) is 0 Å². The van der Waals surface area contributed by atoms with Crippen molar-refractivity contribution in [3.63, 3.8) is 0 Å². The summed E-state index contributed by atoms with van der Waals surface area (Å²) in [5.41, 5.74) is -0.751. The molecule has 3 fully saturated rings. The Bertz CT molecular complexity index is 365. The molecule has 4 nitrogen and oxygen atoms in total. The average molecular weight is 237 g/mol. The summed E-state index contributed by atoms with van der Waals surface area (Å²) in [5, 5.41) is 11.9. The van der Waals surface area contributed by atoms with E-state index in [2.05, 4.69) is 5.32 Å². The first kappa shape index (κ1) is 11.1. The Labute approximate surface area is 101 Å². The number of rotatable bonds is 5. The Morgan fingerprint density at radius 2 is 1.82 bits per heavy atom. The van der Waals surface area contributed by atoms with Gasteiger partial charge < -0.3 is 10.4 Å². The number of nitrogens with one attached hydrogen (secondary N) is 1. The third-order valence-corrected chi connectivity index (χ3v) is 4.99. The molecule has 0 radical (unpaired) electrons. The van der Waals surface area contributed by atoms with Gasteiger partial charge in [0.1, 0.15) is 5.41 Å². The molecular formula is C13H19NO3. The summed E-state index contributed by atoms with van der Waals surface area (Å²) in [7, 11) is 0. The van der Waals surface area contributed by atoms with E-state index in [0.717, 1.165) is 5.92 Å². The fourth-order valence-electron chi connectivity index (χ4n) is 3.14. The molecule has 0 unspecified atom stereocenters. The van der Waals surface area contributed by atoms with Gasteiger partial charge in [-0.05, 0) is 49.9 Å². The quantitative estimate of drug-likeness (QED) is 0.713. The lowest BCUT2D eigenvalue weighted by Crippen LogP contribution is -2.47. The maximum Gasteiger partial charge on any atom is 0.319 e. The molecule has 0 bridgehead atoms. The summed E-state index contributed by atoms with van der Waals surface area (Å²) >= 11 is 0. The van der Waals surface area contributed by atoms with Crippen LogP contribution in [0.1, 0.15) is 44.9 Å². The van der Waals surface area contributed by atoms with E-state index in [1.807, 2.05) is 0 Å². The molecule has 0 heterocycles. The highest BCUT2D eigenvalue weighted by molar-refractivity contribution is 6.04. The summed E-state index contributed by atoms with van der Waals surface area (Å²) < 4.78 is 0. The second kappa shape index (κ2) is 3.47. The van der Waals surface area contributed by atoms with Gasteiger partial charge in [0.2, 0.25) is 5.91 Å². The average Bonchev–Trinajstić information content (AvgIpc) is 3.09. The fraction of sp³-hybridized carbons (Fsp3) is 0.846. The Hall–Kier alpha value is -1.06.